The average Bonchev–Trinajstić information content (AvgIpc) is 2.80. The van der Waals surface area contributed by atoms with Gasteiger partial charge in [0.25, 0.3) is 0 Å². The number of halogens is 1. The zero-order chi connectivity index (χ0) is 13.8. The first-order chi connectivity index (χ1) is 9.04. The van der Waals surface area contributed by atoms with E-state index in [2.05, 4.69) is 25.4 Å². The molecule has 0 fully saturated rings. The van der Waals surface area contributed by atoms with Crippen molar-refractivity contribution in [1.82, 2.24) is 24.7 Å². The Morgan fingerprint density at radius 3 is 2.79 bits per heavy atom. The van der Waals surface area contributed by atoms with Crippen molar-refractivity contribution in [2.24, 2.45) is 0 Å². The van der Waals surface area contributed by atoms with Gasteiger partial charge < -0.3 is 10.2 Å². The highest BCUT2D eigenvalue weighted by molar-refractivity contribution is 6.28. The maximum Gasteiger partial charge on any atom is 0.230 e. The van der Waals surface area contributed by atoms with Gasteiger partial charge in [-0.2, -0.15) is 20.1 Å². The van der Waals surface area contributed by atoms with Crippen molar-refractivity contribution in [2.75, 3.05) is 24.3 Å². The van der Waals surface area contributed by atoms with E-state index in [1.54, 1.807) is 11.1 Å². The molecule has 102 valence electrons. The summed E-state index contributed by atoms with van der Waals surface area (Å²) >= 11 is 5.87. The van der Waals surface area contributed by atoms with Crippen LogP contribution >= 0.6 is 11.6 Å². The van der Waals surface area contributed by atoms with Crippen LogP contribution in [0.3, 0.4) is 0 Å². The van der Waals surface area contributed by atoms with E-state index in [1.165, 1.54) is 0 Å². The van der Waals surface area contributed by atoms with Gasteiger partial charge in [0.2, 0.25) is 17.2 Å². The lowest BCUT2D eigenvalue weighted by atomic mass is 10.3. The molecule has 0 aromatic carbocycles. The molecule has 1 atom stereocenters. The van der Waals surface area contributed by atoms with Gasteiger partial charge in [-0.05, 0) is 24.6 Å². The lowest BCUT2D eigenvalue weighted by Gasteiger charge is -2.16. The van der Waals surface area contributed by atoms with Crippen molar-refractivity contribution in [1.29, 1.82) is 0 Å². The summed E-state index contributed by atoms with van der Waals surface area (Å²) in [4.78, 5) is 14.1. The van der Waals surface area contributed by atoms with Crippen LogP contribution in [0.1, 0.15) is 6.92 Å². The molecule has 1 unspecified atom stereocenters. The zero-order valence-corrected chi connectivity index (χ0v) is 11.8. The van der Waals surface area contributed by atoms with Gasteiger partial charge in [0.1, 0.15) is 0 Å². The Labute approximate surface area is 116 Å². The fourth-order valence-corrected chi connectivity index (χ4v) is 1.71. The number of rotatable bonds is 5. The maximum absolute atomic E-state index is 5.87. The number of aromatic nitrogens is 5. The maximum atomic E-state index is 5.87. The summed E-state index contributed by atoms with van der Waals surface area (Å²) in [6.07, 6.45) is 3.65. The van der Waals surface area contributed by atoms with Crippen LogP contribution in [-0.2, 0) is 6.54 Å². The standard InChI is InChI=1S/C11H16ClN7/c1-8(7-19-6-4-5-13-19)14-10-15-9(12)16-11(17-10)18(2)3/h4-6,8H,7H2,1-3H3,(H,14,15,16,17). The Hall–Kier alpha value is -1.89. The predicted octanol–water partition coefficient (Wildman–Crippen LogP) is 1.29. The minimum Gasteiger partial charge on any atom is -0.350 e. The SMILES string of the molecule is CC(Cn1cccn1)Nc1nc(Cl)nc(N(C)C)n1. The van der Waals surface area contributed by atoms with Crippen LogP contribution in [0.15, 0.2) is 18.5 Å². The molecule has 19 heavy (non-hydrogen) atoms. The molecule has 0 aliphatic rings. The van der Waals surface area contributed by atoms with Gasteiger partial charge in [0, 0.05) is 32.5 Å². The quantitative estimate of drug-likeness (QED) is 0.890. The second-order valence-electron chi connectivity index (χ2n) is 4.40. The van der Waals surface area contributed by atoms with Crippen molar-refractivity contribution in [3.05, 3.63) is 23.7 Å². The normalized spacial score (nSPS) is 12.2. The number of nitrogens with one attached hydrogen (secondary N) is 1. The van der Waals surface area contributed by atoms with Crippen LogP contribution < -0.4 is 10.2 Å². The third-order valence-electron chi connectivity index (χ3n) is 2.39. The van der Waals surface area contributed by atoms with Gasteiger partial charge in [-0.25, -0.2) is 0 Å². The van der Waals surface area contributed by atoms with Crippen molar-refractivity contribution in [2.45, 2.75) is 19.5 Å². The Bertz CT molecular complexity index is 526. The van der Waals surface area contributed by atoms with Gasteiger partial charge in [-0.3, -0.25) is 4.68 Å². The first kappa shape index (κ1) is 13.5. The molecule has 0 amide bonds. The van der Waals surface area contributed by atoms with E-state index in [0.29, 0.717) is 18.4 Å². The van der Waals surface area contributed by atoms with E-state index in [1.807, 2.05) is 38.0 Å². The predicted molar refractivity (Wildman–Crippen MR) is 74.5 cm³/mol. The van der Waals surface area contributed by atoms with Crippen LogP contribution in [0.5, 0.6) is 0 Å². The fourth-order valence-electron chi connectivity index (χ4n) is 1.56. The summed E-state index contributed by atoms with van der Waals surface area (Å²) in [7, 11) is 3.70. The molecular weight excluding hydrogens is 266 g/mol. The number of anilines is 2. The highest BCUT2D eigenvalue weighted by atomic mass is 35.5. The van der Waals surface area contributed by atoms with E-state index in [-0.39, 0.29) is 11.3 Å². The summed E-state index contributed by atoms with van der Waals surface area (Å²) in [6.45, 7) is 2.74. The molecule has 2 aromatic rings. The molecule has 2 rings (SSSR count). The van der Waals surface area contributed by atoms with Gasteiger partial charge in [-0.1, -0.05) is 0 Å². The molecule has 0 aliphatic carbocycles. The molecule has 2 aromatic heterocycles. The molecule has 8 heteroatoms. The van der Waals surface area contributed by atoms with E-state index in [0.717, 1.165) is 0 Å². The van der Waals surface area contributed by atoms with Crippen LogP contribution in [0.2, 0.25) is 5.28 Å². The van der Waals surface area contributed by atoms with Crippen LogP contribution in [0.25, 0.3) is 0 Å². The molecular formula is C11H16ClN7. The van der Waals surface area contributed by atoms with Gasteiger partial charge in [0.15, 0.2) is 0 Å². The topological polar surface area (TPSA) is 71.8 Å². The van der Waals surface area contributed by atoms with Crippen molar-refractivity contribution < 1.29 is 0 Å². The highest BCUT2D eigenvalue weighted by Gasteiger charge is 2.09. The largest absolute Gasteiger partial charge is 0.350 e. The lowest BCUT2D eigenvalue weighted by molar-refractivity contribution is 0.558. The second-order valence-corrected chi connectivity index (χ2v) is 4.73. The molecule has 1 N–H and O–H groups in total. The number of nitrogens with zero attached hydrogens (tertiary/aromatic N) is 6. The van der Waals surface area contributed by atoms with E-state index in [9.17, 15) is 0 Å². The monoisotopic (exact) mass is 281 g/mol. The third-order valence-corrected chi connectivity index (χ3v) is 2.56. The second kappa shape index (κ2) is 5.83. The molecule has 2 heterocycles. The van der Waals surface area contributed by atoms with E-state index < -0.39 is 0 Å². The van der Waals surface area contributed by atoms with Crippen LogP contribution in [0.4, 0.5) is 11.9 Å². The minimum atomic E-state index is 0.119. The first-order valence-electron chi connectivity index (χ1n) is 5.87. The van der Waals surface area contributed by atoms with Gasteiger partial charge in [-0.15, -0.1) is 0 Å². The Morgan fingerprint density at radius 1 is 1.37 bits per heavy atom. The van der Waals surface area contributed by atoms with E-state index in [4.69, 9.17) is 11.6 Å². The Balaban J connectivity index is 2.05. The summed E-state index contributed by atoms with van der Waals surface area (Å²) < 4.78 is 1.84. The third kappa shape index (κ3) is 3.78. The van der Waals surface area contributed by atoms with E-state index >= 15 is 0 Å². The Kier molecular flexibility index (Phi) is 4.16. The zero-order valence-electron chi connectivity index (χ0n) is 11.1. The van der Waals surface area contributed by atoms with Crippen LogP contribution in [0, 0.1) is 0 Å². The fraction of sp³-hybridized carbons (Fsp3) is 0.455. The van der Waals surface area contributed by atoms with Crippen molar-refractivity contribution >= 4 is 23.5 Å². The highest BCUT2D eigenvalue weighted by Crippen LogP contribution is 2.12. The average molecular weight is 282 g/mol. The molecule has 0 saturated carbocycles. The summed E-state index contributed by atoms with van der Waals surface area (Å²) in [6, 6.07) is 2.00. The van der Waals surface area contributed by atoms with Crippen molar-refractivity contribution in [3.8, 4) is 0 Å². The van der Waals surface area contributed by atoms with Gasteiger partial charge >= 0.3 is 0 Å². The van der Waals surface area contributed by atoms with Crippen LogP contribution in [-0.4, -0.2) is 44.9 Å². The van der Waals surface area contributed by atoms with Crippen molar-refractivity contribution in [3.63, 3.8) is 0 Å². The molecule has 7 nitrogen and oxygen atoms in total. The molecule has 0 bridgehead atoms. The summed E-state index contributed by atoms with van der Waals surface area (Å²) in [5.41, 5.74) is 0. The molecule has 0 radical (unpaired) electrons. The summed E-state index contributed by atoms with van der Waals surface area (Å²) in [5.74, 6) is 0.983. The smallest absolute Gasteiger partial charge is 0.230 e. The number of hydrogen-bond donors (Lipinski definition) is 1. The minimum absolute atomic E-state index is 0.119. The van der Waals surface area contributed by atoms with Gasteiger partial charge in [0.05, 0.1) is 6.54 Å². The molecule has 0 saturated heterocycles. The molecule has 0 aliphatic heterocycles. The number of hydrogen-bond acceptors (Lipinski definition) is 6. The summed E-state index contributed by atoms with van der Waals surface area (Å²) in [5, 5.41) is 7.51. The molecule has 0 spiro atoms. The Morgan fingerprint density at radius 2 is 2.16 bits per heavy atom. The first-order valence-corrected chi connectivity index (χ1v) is 6.25. The lowest BCUT2D eigenvalue weighted by Crippen LogP contribution is -2.24.